The number of aryl methyl sites for hydroxylation is 1. The van der Waals surface area contributed by atoms with Gasteiger partial charge in [0, 0.05) is 12.6 Å². The lowest BCUT2D eigenvalue weighted by atomic mass is 9.48. The third kappa shape index (κ3) is 6.95. The number of carbonyl (C=O) groups is 2. The Labute approximate surface area is 258 Å². The maximum atomic E-state index is 14.1. The molecule has 234 valence electrons. The Morgan fingerprint density at radius 1 is 0.953 bits per heavy atom. The smallest absolute Gasteiger partial charge is 0.244 e. The highest BCUT2D eigenvalue weighted by molar-refractivity contribution is 7.92. The van der Waals surface area contributed by atoms with E-state index in [4.69, 9.17) is 0 Å². The minimum absolute atomic E-state index is 0.0301. The summed E-state index contributed by atoms with van der Waals surface area (Å²) in [6.45, 7) is 7.66. The quantitative estimate of drug-likeness (QED) is 0.323. The molecule has 2 atom stereocenters. The molecule has 2 aromatic rings. The number of amides is 2. The van der Waals surface area contributed by atoms with Gasteiger partial charge < -0.3 is 10.2 Å². The molecule has 4 aliphatic carbocycles. The Morgan fingerprint density at radius 3 is 2.07 bits per heavy atom. The summed E-state index contributed by atoms with van der Waals surface area (Å²) in [5.41, 5.74) is 3.95. The molecule has 0 radical (unpaired) electrons. The zero-order valence-electron chi connectivity index (χ0n) is 26.5. The highest BCUT2D eigenvalue weighted by atomic mass is 32.2. The number of hydrogen-bond acceptors (Lipinski definition) is 4. The Balaban J connectivity index is 1.40. The van der Waals surface area contributed by atoms with Crippen molar-refractivity contribution < 1.29 is 18.0 Å². The zero-order valence-corrected chi connectivity index (χ0v) is 27.3. The van der Waals surface area contributed by atoms with Crippen molar-refractivity contribution in [3.63, 3.8) is 0 Å². The molecule has 4 bridgehead atoms. The normalized spacial score (nSPS) is 25.7. The molecule has 8 heteroatoms. The summed E-state index contributed by atoms with van der Waals surface area (Å²) in [7, 11) is -3.77. The fourth-order valence-electron chi connectivity index (χ4n) is 8.43. The monoisotopic (exact) mass is 607 g/mol. The Bertz CT molecular complexity index is 1390. The van der Waals surface area contributed by atoms with Crippen molar-refractivity contribution in [2.75, 3.05) is 17.1 Å². The van der Waals surface area contributed by atoms with E-state index in [1.807, 2.05) is 64.1 Å². The Kier molecular flexibility index (Phi) is 9.26. The first-order valence-corrected chi connectivity index (χ1v) is 18.0. The van der Waals surface area contributed by atoms with Crippen LogP contribution in [0.5, 0.6) is 0 Å². The fourth-order valence-corrected chi connectivity index (χ4v) is 9.28. The van der Waals surface area contributed by atoms with Crippen LogP contribution in [0.25, 0.3) is 0 Å². The van der Waals surface area contributed by atoms with Crippen LogP contribution in [0.4, 0.5) is 5.69 Å². The van der Waals surface area contributed by atoms with Crippen molar-refractivity contribution in [3.8, 4) is 0 Å². The van der Waals surface area contributed by atoms with E-state index in [2.05, 4.69) is 17.4 Å². The second-order valence-corrected chi connectivity index (χ2v) is 15.7. The minimum Gasteiger partial charge on any atom is -0.352 e. The minimum atomic E-state index is -3.77. The van der Waals surface area contributed by atoms with Crippen molar-refractivity contribution in [1.29, 1.82) is 0 Å². The molecule has 4 fully saturated rings. The number of nitrogens with one attached hydrogen (secondary N) is 1. The first-order valence-electron chi connectivity index (χ1n) is 16.1. The van der Waals surface area contributed by atoms with Gasteiger partial charge in [-0.05, 0) is 112 Å². The summed E-state index contributed by atoms with van der Waals surface area (Å²) in [6.07, 6.45) is 10.1. The molecule has 0 aliphatic heterocycles. The van der Waals surface area contributed by atoms with Crippen LogP contribution >= 0.6 is 0 Å². The van der Waals surface area contributed by atoms with Gasteiger partial charge in [0.15, 0.2) is 0 Å². The summed E-state index contributed by atoms with van der Waals surface area (Å²) in [6, 6.07) is 15.1. The summed E-state index contributed by atoms with van der Waals surface area (Å²) >= 11 is 0. The van der Waals surface area contributed by atoms with Gasteiger partial charge >= 0.3 is 0 Å². The van der Waals surface area contributed by atoms with Crippen LogP contribution in [0.15, 0.2) is 48.5 Å². The van der Waals surface area contributed by atoms with Gasteiger partial charge in [-0.15, -0.1) is 0 Å². The lowest BCUT2D eigenvalue weighted by molar-refractivity contribution is -0.140. The first-order chi connectivity index (χ1) is 20.4. The van der Waals surface area contributed by atoms with Gasteiger partial charge in [-0.2, -0.15) is 0 Å². The molecule has 0 spiro atoms. The van der Waals surface area contributed by atoms with E-state index in [-0.39, 0.29) is 30.5 Å². The van der Waals surface area contributed by atoms with Gasteiger partial charge in [-0.25, -0.2) is 8.42 Å². The van der Waals surface area contributed by atoms with Crippen molar-refractivity contribution in [1.82, 2.24) is 10.2 Å². The lowest BCUT2D eigenvalue weighted by Crippen LogP contribution is -2.53. The number of anilines is 1. The molecule has 0 aromatic heterocycles. The van der Waals surface area contributed by atoms with Crippen LogP contribution in [-0.2, 0) is 31.6 Å². The van der Waals surface area contributed by atoms with Crippen LogP contribution in [0.1, 0.15) is 88.8 Å². The maximum absolute atomic E-state index is 14.1. The predicted molar refractivity (Wildman–Crippen MR) is 172 cm³/mol. The molecule has 7 nitrogen and oxygen atoms in total. The predicted octanol–water partition coefficient (Wildman–Crippen LogP) is 5.95. The lowest BCUT2D eigenvalue weighted by Gasteiger charge is -2.57. The first kappa shape index (κ1) is 31.6. The molecule has 43 heavy (non-hydrogen) atoms. The van der Waals surface area contributed by atoms with E-state index in [1.54, 1.807) is 4.90 Å². The zero-order chi connectivity index (χ0) is 30.9. The highest BCUT2D eigenvalue weighted by Crippen LogP contribution is 2.60. The molecular formula is C35H49N3O4S. The SMILES string of the molecule is CC[C@H](C)NC(=O)[C@H](CC)N(Cc1cccc(C)c1)C(=O)CN(c1ccc(C23CC4CC(CC(C4)C2)C3)cc1)S(C)(=O)=O. The van der Waals surface area contributed by atoms with E-state index in [0.29, 0.717) is 12.1 Å². The average Bonchev–Trinajstić information content (AvgIpc) is 2.94. The highest BCUT2D eigenvalue weighted by Gasteiger charge is 2.51. The third-order valence-electron chi connectivity index (χ3n) is 10.3. The van der Waals surface area contributed by atoms with Crippen LogP contribution < -0.4 is 9.62 Å². The summed E-state index contributed by atoms with van der Waals surface area (Å²) < 4.78 is 27.5. The molecule has 0 unspecified atom stereocenters. The molecule has 0 saturated heterocycles. The van der Waals surface area contributed by atoms with Crippen LogP contribution in [0.3, 0.4) is 0 Å². The standard InChI is InChI=1S/C35H49N3O4S/c1-6-25(4)36-34(40)32(7-2)37(22-26-10-8-9-24(3)15-26)33(39)23-38(43(5,41)42)31-13-11-30(12-14-31)35-19-27-16-28(20-35)18-29(17-27)21-35/h8-15,25,27-29,32H,6-7,16-23H2,1-5H3,(H,36,40)/t25-,27?,28?,29?,32-,35?/m0/s1. The molecular weight excluding hydrogens is 558 g/mol. The molecule has 4 aliphatic rings. The topological polar surface area (TPSA) is 86.8 Å². The van der Waals surface area contributed by atoms with Crippen LogP contribution in [0, 0.1) is 24.7 Å². The van der Waals surface area contributed by atoms with Crippen molar-refractivity contribution in [2.45, 2.75) is 103 Å². The number of hydrogen-bond donors (Lipinski definition) is 1. The Morgan fingerprint density at radius 2 is 1.56 bits per heavy atom. The van der Waals surface area contributed by atoms with E-state index in [9.17, 15) is 18.0 Å². The van der Waals surface area contributed by atoms with Crippen LogP contribution in [0.2, 0.25) is 0 Å². The third-order valence-corrected chi connectivity index (χ3v) is 11.4. The van der Waals surface area contributed by atoms with Crippen LogP contribution in [-0.4, -0.2) is 50.0 Å². The van der Waals surface area contributed by atoms with Gasteiger partial charge in [0.05, 0.1) is 11.9 Å². The number of benzene rings is 2. The van der Waals surface area contributed by atoms with Gasteiger partial charge in [0.1, 0.15) is 12.6 Å². The average molecular weight is 608 g/mol. The number of rotatable bonds is 12. The molecule has 4 saturated carbocycles. The van der Waals surface area contributed by atoms with E-state index < -0.39 is 22.0 Å². The van der Waals surface area contributed by atoms with E-state index in [0.717, 1.165) is 41.6 Å². The van der Waals surface area contributed by atoms with Crippen molar-refractivity contribution >= 4 is 27.5 Å². The summed E-state index contributed by atoms with van der Waals surface area (Å²) in [5.74, 6) is 1.84. The molecule has 0 heterocycles. The molecule has 1 N–H and O–H groups in total. The fraction of sp³-hybridized carbons (Fsp3) is 0.600. The second-order valence-electron chi connectivity index (χ2n) is 13.8. The molecule has 2 amide bonds. The number of sulfonamides is 1. The maximum Gasteiger partial charge on any atom is 0.244 e. The van der Waals surface area contributed by atoms with Gasteiger partial charge in [0.25, 0.3) is 0 Å². The van der Waals surface area contributed by atoms with E-state index >= 15 is 0 Å². The van der Waals surface area contributed by atoms with Crippen molar-refractivity contribution in [2.24, 2.45) is 17.8 Å². The molecule has 2 aromatic carbocycles. The van der Waals surface area contributed by atoms with Gasteiger partial charge in [-0.1, -0.05) is 55.8 Å². The molecule has 6 rings (SSSR count). The number of carbonyl (C=O) groups excluding carboxylic acids is 2. The largest absolute Gasteiger partial charge is 0.352 e. The number of nitrogens with zero attached hydrogens (tertiary/aromatic N) is 2. The van der Waals surface area contributed by atoms with Crippen molar-refractivity contribution in [3.05, 3.63) is 65.2 Å². The Hall–Kier alpha value is -2.87. The van der Waals surface area contributed by atoms with Gasteiger partial charge in [-0.3, -0.25) is 13.9 Å². The van der Waals surface area contributed by atoms with Gasteiger partial charge in [0.2, 0.25) is 21.8 Å². The van der Waals surface area contributed by atoms with E-state index in [1.165, 1.54) is 48.4 Å². The second kappa shape index (κ2) is 12.6. The summed E-state index contributed by atoms with van der Waals surface area (Å²) in [5, 5.41) is 3.02. The summed E-state index contributed by atoms with van der Waals surface area (Å²) in [4.78, 5) is 29.0.